The number of para-hydroxylation sites is 2. The fraction of sp³-hybridized carbons (Fsp3) is 0.300. The van der Waals surface area contributed by atoms with Crippen molar-refractivity contribution in [1.82, 2.24) is 4.31 Å². The molecule has 0 radical (unpaired) electrons. The molecule has 0 aromatic heterocycles. The summed E-state index contributed by atoms with van der Waals surface area (Å²) in [6.07, 6.45) is 0.0373. The van der Waals surface area contributed by atoms with E-state index in [1.165, 1.54) is 25.1 Å². The average molecular weight is 462 g/mol. The molecule has 2 aromatic carbocycles. The number of nitro groups is 1. The van der Waals surface area contributed by atoms with Crippen molar-refractivity contribution in [3.63, 3.8) is 0 Å². The van der Waals surface area contributed by atoms with Crippen molar-refractivity contribution in [3.05, 3.63) is 52.6 Å². The van der Waals surface area contributed by atoms with E-state index in [0.717, 1.165) is 16.4 Å². The van der Waals surface area contributed by atoms with Gasteiger partial charge in [0, 0.05) is 31.6 Å². The Bertz CT molecular complexity index is 1180. The minimum atomic E-state index is -4.31. The summed E-state index contributed by atoms with van der Waals surface area (Å²) >= 11 is 0. The van der Waals surface area contributed by atoms with E-state index in [-0.39, 0.29) is 18.1 Å². The quantitative estimate of drug-likeness (QED) is 0.511. The number of sulfonamides is 1. The van der Waals surface area contributed by atoms with Crippen molar-refractivity contribution in [1.29, 1.82) is 0 Å². The molecule has 1 aliphatic rings. The van der Waals surface area contributed by atoms with Gasteiger partial charge in [-0.25, -0.2) is 8.42 Å². The third-order valence-electron chi connectivity index (χ3n) is 5.03. The van der Waals surface area contributed by atoms with Gasteiger partial charge in [0.05, 0.1) is 30.0 Å². The molecule has 0 aliphatic carbocycles. The van der Waals surface area contributed by atoms with E-state index >= 15 is 0 Å². The summed E-state index contributed by atoms with van der Waals surface area (Å²) in [7, 11) is -1.87. The first-order valence-corrected chi connectivity index (χ1v) is 11.0. The predicted octanol–water partition coefficient (Wildman–Crippen LogP) is 1.99. The first-order chi connectivity index (χ1) is 15.1. The maximum atomic E-state index is 13.2. The number of benzene rings is 2. The third kappa shape index (κ3) is 4.41. The molecule has 0 saturated heterocycles. The Hall–Kier alpha value is -3.51. The zero-order valence-corrected chi connectivity index (χ0v) is 18.5. The van der Waals surface area contributed by atoms with Gasteiger partial charge in [0.2, 0.25) is 21.8 Å². The van der Waals surface area contributed by atoms with Gasteiger partial charge in [-0.2, -0.15) is 4.31 Å². The van der Waals surface area contributed by atoms with Crippen LogP contribution in [0.15, 0.2) is 47.4 Å². The number of hydrogen-bond acceptors (Lipinski definition) is 7. The lowest BCUT2D eigenvalue weighted by atomic mass is 10.1. The van der Waals surface area contributed by atoms with Crippen molar-refractivity contribution in [2.75, 3.05) is 30.9 Å². The van der Waals surface area contributed by atoms with E-state index in [1.54, 1.807) is 31.2 Å². The fourth-order valence-corrected chi connectivity index (χ4v) is 4.76. The molecule has 0 bridgehead atoms. The molecule has 0 saturated carbocycles. The van der Waals surface area contributed by atoms with E-state index in [0.29, 0.717) is 11.4 Å². The van der Waals surface area contributed by atoms with Crippen LogP contribution in [0.3, 0.4) is 0 Å². The van der Waals surface area contributed by atoms with Crippen LogP contribution in [-0.4, -0.2) is 56.2 Å². The fourth-order valence-electron chi connectivity index (χ4n) is 3.47. The lowest BCUT2D eigenvalue weighted by Gasteiger charge is -2.29. The topological polar surface area (TPSA) is 139 Å². The summed E-state index contributed by atoms with van der Waals surface area (Å²) < 4.78 is 32.1. The molecule has 0 spiro atoms. The van der Waals surface area contributed by atoms with Gasteiger partial charge in [-0.1, -0.05) is 12.1 Å². The van der Waals surface area contributed by atoms with Crippen LogP contribution in [0.1, 0.15) is 13.3 Å². The monoisotopic (exact) mass is 462 g/mol. The van der Waals surface area contributed by atoms with Gasteiger partial charge >= 0.3 is 0 Å². The molecule has 1 N–H and O–H groups in total. The number of nitrogens with zero attached hydrogens (tertiary/aromatic N) is 3. The molecule has 1 atom stereocenters. The summed E-state index contributed by atoms with van der Waals surface area (Å²) in [5.74, 6) is -0.905. The molecule has 1 aliphatic heterocycles. The van der Waals surface area contributed by atoms with Crippen LogP contribution in [0.2, 0.25) is 0 Å². The molecular weight excluding hydrogens is 440 g/mol. The van der Waals surface area contributed by atoms with Gasteiger partial charge < -0.3 is 15.0 Å². The van der Waals surface area contributed by atoms with E-state index in [9.17, 15) is 28.1 Å². The number of methoxy groups -OCH3 is 1. The number of carbonyl (C=O) groups is 2. The van der Waals surface area contributed by atoms with Gasteiger partial charge in [-0.3, -0.25) is 19.7 Å². The van der Waals surface area contributed by atoms with Gasteiger partial charge in [0.15, 0.2) is 0 Å². The number of likely N-dealkylation sites (N-methyl/N-ethyl adjacent to an activating group) is 1. The van der Waals surface area contributed by atoms with Crippen LogP contribution < -0.4 is 15.0 Å². The number of carbonyl (C=O) groups excluding carboxylic acids is 2. The van der Waals surface area contributed by atoms with Crippen LogP contribution >= 0.6 is 0 Å². The molecule has 12 heteroatoms. The minimum absolute atomic E-state index is 0.0373. The number of hydrogen-bond donors (Lipinski definition) is 1. The van der Waals surface area contributed by atoms with Gasteiger partial charge in [0.1, 0.15) is 10.6 Å². The molecule has 1 unspecified atom stereocenters. The van der Waals surface area contributed by atoms with E-state index in [2.05, 4.69) is 5.32 Å². The second-order valence-electron chi connectivity index (χ2n) is 7.24. The van der Waals surface area contributed by atoms with E-state index in [4.69, 9.17) is 4.74 Å². The third-order valence-corrected chi connectivity index (χ3v) is 6.86. The molecule has 0 fully saturated rings. The van der Waals surface area contributed by atoms with Gasteiger partial charge in [-0.15, -0.1) is 0 Å². The molecule has 2 aromatic rings. The second kappa shape index (κ2) is 8.93. The molecule has 170 valence electrons. The zero-order chi connectivity index (χ0) is 23.6. The van der Waals surface area contributed by atoms with Gasteiger partial charge in [-0.05, 0) is 25.1 Å². The Morgan fingerprint density at radius 2 is 2.00 bits per heavy atom. The number of fused-ring (bicyclic) bond motifs is 1. The van der Waals surface area contributed by atoms with Crippen LogP contribution in [0.5, 0.6) is 5.75 Å². The first-order valence-electron chi connectivity index (χ1n) is 9.56. The highest BCUT2D eigenvalue weighted by Crippen LogP contribution is 2.33. The van der Waals surface area contributed by atoms with E-state index < -0.39 is 44.0 Å². The van der Waals surface area contributed by atoms with Crippen LogP contribution in [-0.2, 0) is 19.6 Å². The molecular formula is C20H22N4O7S. The Balaban J connectivity index is 1.94. The lowest BCUT2D eigenvalue weighted by Crippen LogP contribution is -2.45. The molecule has 11 nitrogen and oxygen atoms in total. The van der Waals surface area contributed by atoms with Gasteiger partial charge in [0.25, 0.3) is 5.69 Å². The van der Waals surface area contributed by atoms with Crippen LogP contribution in [0, 0.1) is 10.1 Å². The Kier molecular flexibility index (Phi) is 6.46. The van der Waals surface area contributed by atoms with E-state index in [1.807, 2.05) is 0 Å². The minimum Gasteiger partial charge on any atom is -0.495 e. The maximum absolute atomic E-state index is 13.2. The average Bonchev–Trinajstić information content (AvgIpc) is 2.86. The van der Waals surface area contributed by atoms with Crippen molar-refractivity contribution in [3.8, 4) is 5.75 Å². The Labute approximate surface area is 184 Å². The lowest BCUT2D eigenvalue weighted by molar-refractivity contribution is -0.385. The summed E-state index contributed by atoms with van der Waals surface area (Å²) in [5, 5.41) is 13.8. The van der Waals surface area contributed by atoms with Crippen LogP contribution in [0.4, 0.5) is 17.1 Å². The summed E-state index contributed by atoms with van der Waals surface area (Å²) in [5.41, 5.74) is 0.472. The zero-order valence-electron chi connectivity index (χ0n) is 17.6. The number of amides is 2. The summed E-state index contributed by atoms with van der Waals surface area (Å²) in [6.45, 7) is 1.14. The number of non-ortho nitro benzene ring substituents is 1. The van der Waals surface area contributed by atoms with Crippen molar-refractivity contribution in [2.24, 2.45) is 0 Å². The van der Waals surface area contributed by atoms with Crippen LogP contribution in [0.25, 0.3) is 0 Å². The summed E-state index contributed by atoms with van der Waals surface area (Å²) in [4.78, 5) is 36.7. The number of nitro benzene ring substituents is 1. The van der Waals surface area contributed by atoms with Crippen molar-refractivity contribution >= 4 is 38.9 Å². The largest absolute Gasteiger partial charge is 0.495 e. The second-order valence-corrected chi connectivity index (χ2v) is 9.25. The number of anilines is 2. The first kappa shape index (κ1) is 23.2. The smallest absolute Gasteiger partial charge is 0.271 e. The Morgan fingerprint density at radius 3 is 2.66 bits per heavy atom. The normalized spacial score (nSPS) is 16.2. The van der Waals surface area contributed by atoms with Crippen molar-refractivity contribution < 1.29 is 27.7 Å². The molecule has 1 heterocycles. The Morgan fingerprint density at radius 1 is 1.31 bits per heavy atom. The molecule has 3 rings (SSSR count). The van der Waals surface area contributed by atoms with Crippen molar-refractivity contribution in [2.45, 2.75) is 24.3 Å². The molecule has 2 amide bonds. The highest BCUT2D eigenvalue weighted by molar-refractivity contribution is 7.89. The molecule has 32 heavy (non-hydrogen) atoms. The standard InChI is InChI=1S/C20H22N4O7S/c1-13-10-19(25)21-15-6-4-5-7-16(15)23(13)20(26)12-22(2)32(29,30)18-11-14(24(27)28)8-9-17(18)31-3/h4-9,11,13H,10,12H2,1-3H3,(H,21,25). The maximum Gasteiger partial charge on any atom is 0.271 e. The summed E-state index contributed by atoms with van der Waals surface area (Å²) in [6, 6.07) is 9.42. The highest BCUT2D eigenvalue weighted by atomic mass is 32.2. The SMILES string of the molecule is COc1ccc([N+](=O)[O-])cc1S(=O)(=O)N(C)CC(=O)N1c2ccccc2NC(=O)CC1C. The predicted molar refractivity (Wildman–Crippen MR) is 116 cm³/mol. The number of nitrogens with one attached hydrogen (secondary N) is 1. The number of ether oxygens (including phenoxy) is 1. The highest BCUT2D eigenvalue weighted by Gasteiger charge is 2.34. The number of rotatable bonds is 6.